The first-order chi connectivity index (χ1) is 8.88. The van der Waals surface area contributed by atoms with Crippen molar-refractivity contribution in [3.63, 3.8) is 0 Å². The molecule has 2 rings (SSSR count). The summed E-state index contributed by atoms with van der Waals surface area (Å²) in [6.45, 7) is 1.89. The number of hydrogen-bond acceptors (Lipinski definition) is 2. The Morgan fingerprint density at radius 3 is 2.63 bits per heavy atom. The van der Waals surface area contributed by atoms with Gasteiger partial charge < -0.3 is 5.32 Å². The molecule has 0 spiro atoms. The van der Waals surface area contributed by atoms with Gasteiger partial charge in [-0.1, -0.05) is 12.8 Å². The van der Waals surface area contributed by atoms with Crippen LogP contribution in [0.15, 0.2) is 12.4 Å². The highest BCUT2D eigenvalue weighted by Crippen LogP contribution is 2.38. The van der Waals surface area contributed by atoms with Gasteiger partial charge in [-0.05, 0) is 19.8 Å². The normalized spacial score (nSPS) is 26.4. The van der Waals surface area contributed by atoms with E-state index in [0.29, 0.717) is 12.8 Å². The fourth-order valence-corrected chi connectivity index (χ4v) is 2.80. The van der Waals surface area contributed by atoms with E-state index in [1.165, 1.54) is 0 Å². The number of aryl methyl sites for hydroxylation is 1. The average Bonchev–Trinajstić information content (AvgIpc) is 2.75. The molecule has 6 heteroatoms. The molecule has 0 aromatic carbocycles. The zero-order chi connectivity index (χ0) is 14.0. The zero-order valence-electron chi connectivity index (χ0n) is 11.2. The van der Waals surface area contributed by atoms with E-state index in [9.17, 15) is 13.2 Å². The molecule has 3 nitrogen and oxygen atoms in total. The third-order valence-electron chi connectivity index (χ3n) is 3.88. The van der Waals surface area contributed by atoms with Gasteiger partial charge in [0.1, 0.15) is 0 Å². The number of rotatable bonds is 3. The molecule has 1 aromatic heterocycles. The minimum absolute atomic E-state index is 0.110. The van der Waals surface area contributed by atoms with E-state index >= 15 is 0 Å². The summed E-state index contributed by atoms with van der Waals surface area (Å²) < 4.78 is 40.6. The number of nitrogens with zero attached hydrogens (tertiary/aromatic N) is 2. The third-order valence-corrected chi connectivity index (χ3v) is 3.88. The lowest BCUT2D eigenvalue weighted by Crippen LogP contribution is -2.46. The monoisotopic (exact) mass is 275 g/mol. The second-order valence-electron chi connectivity index (χ2n) is 5.37. The van der Waals surface area contributed by atoms with Crippen molar-refractivity contribution in [3.8, 4) is 0 Å². The highest BCUT2D eigenvalue weighted by atomic mass is 19.4. The fourth-order valence-electron chi connectivity index (χ4n) is 2.80. The molecule has 108 valence electrons. The molecular weight excluding hydrogens is 255 g/mol. The number of aromatic nitrogens is 2. The first kappa shape index (κ1) is 14.4. The van der Waals surface area contributed by atoms with Crippen LogP contribution < -0.4 is 5.32 Å². The van der Waals surface area contributed by atoms with Crippen molar-refractivity contribution in [2.45, 2.75) is 50.9 Å². The average molecular weight is 275 g/mol. The lowest BCUT2D eigenvalue weighted by molar-refractivity contribution is -0.189. The third kappa shape index (κ3) is 3.49. The second-order valence-corrected chi connectivity index (χ2v) is 5.37. The highest BCUT2D eigenvalue weighted by Gasteiger charge is 2.45. The van der Waals surface area contributed by atoms with Crippen LogP contribution in [0, 0.1) is 5.92 Å². The molecule has 0 bridgehead atoms. The largest absolute Gasteiger partial charge is 0.393 e. The van der Waals surface area contributed by atoms with E-state index in [4.69, 9.17) is 0 Å². The standard InChI is InChI=1S/C13H20F3N3/c1-9(10-7-17-19(2)8-10)18-12-6-4-3-5-11(12)13(14,15)16/h7-9,11-12,18H,3-6H2,1-2H3. The van der Waals surface area contributed by atoms with Crippen LogP contribution in [-0.2, 0) is 7.05 Å². The minimum atomic E-state index is -4.10. The van der Waals surface area contributed by atoms with E-state index in [0.717, 1.165) is 12.0 Å². The van der Waals surface area contributed by atoms with Crippen LogP contribution in [0.1, 0.15) is 44.2 Å². The first-order valence-corrected chi connectivity index (χ1v) is 6.69. The van der Waals surface area contributed by atoms with E-state index in [1.54, 1.807) is 17.9 Å². The lowest BCUT2D eigenvalue weighted by atomic mass is 9.83. The first-order valence-electron chi connectivity index (χ1n) is 6.69. The molecule has 1 N–H and O–H groups in total. The molecule has 1 saturated carbocycles. The number of hydrogen-bond donors (Lipinski definition) is 1. The molecule has 1 aliphatic rings. The van der Waals surface area contributed by atoms with Crippen LogP contribution in [0.25, 0.3) is 0 Å². The van der Waals surface area contributed by atoms with Gasteiger partial charge >= 0.3 is 6.18 Å². The molecular formula is C13H20F3N3. The zero-order valence-corrected chi connectivity index (χ0v) is 11.2. The maximum Gasteiger partial charge on any atom is 0.393 e. The van der Waals surface area contributed by atoms with Gasteiger partial charge in [0.15, 0.2) is 0 Å². The smallest absolute Gasteiger partial charge is 0.307 e. The van der Waals surface area contributed by atoms with Crippen molar-refractivity contribution in [2.24, 2.45) is 13.0 Å². The molecule has 3 unspecified atom stereocenters. The van der Waals surface area contributed by atoms with Crippen molar-refractivity contribution in [2.75, 3.05) is 0 Å². The van der Waals surface area contributed by atoms with Gasteiger partial charge in [-0.25, -0.2) is 0 Å². The molecule has 0 aliphatic heterocycles. The Hall–Kier alpha value is -1.04. The van der Waals surface area contributed by atoms with Gasteiger partial charge in [-0.2, -0.15) is 18.3 Å². The van der Waals surface area contributed by atoms with Crippen LogP contribution >= 0.6 is 0 Å². The molecule has 0 amide bonds. The summed E-state index contributed by atoms with van der Waals surface area (Å²) in [6.07, 6.45) is 1.79. The SMILES string of the molecule is CC(NC1CCCCC1C(F)(F)F)c1cnn(C)c1. The van der Waals surface area contributed by atoms with Gasteiger partial charge in [0.25, 0.3) is 0 Å². The Balaban J connectivity index is 2.03. The van der Waals surface area contributed by atoms with Crippen molar-refractivity contribution in [1.29, 1.82) is 0 Å². The van der Waals surface area contributed by atoms with E-state index in [2.05, 4.69) is 10.4 Å². The molecule has 3 atom stereocenters. The summed E-state index contributed by atoms with van der Waals surface area (Å²) in [6, 6.07) is -0.592. The van der Waals surface area contributed by atoms with Crippen LogP contribution in [0.3, 0.4) is 0 Å². The van der Waals surface area contributed by atoms with Gasteiger partial charge in [0, 0.05) is 30.9 Å². The van der Waals surface area contributed by atoms with Crippen LogP contribution in [-0.4, -0.2) is 22.0 Å². The number of nitrogens with one attached hydrogen (secondary N) is 1. The Morgan fingerprint density at radius 2 is 2.05 bits per heavy atom. The maximum absolute atomic E-state index is 13.0. The Kier molecular flexibility index (Phi) is 4.18. The summed E-state index contributed by atoms with van der Waals surface area (Å²) >= 11 is 0. The number of alkyl halides is 3. The molecule has 0 radical (unpaired) electrons. The van der Waals surface area contributed by atoms with E-state index in [-0.39, 0.29) is 12.5 Å². The summed E-state index contributed by atoms with van der Waals surface area (Å²) in [7, 11) is 1.80. The van der Waals surface area contributed by atoms with Crippen LogP contribution in [0.2, 0.25) is 0 Å². The predicted molar refractivity (Wildman–Crippen MR) is 66.6 cm³/mol. The second kappa shape index (κ2) is 5.53. The molecule has 1 heterocycles. The van der Waals surface area contributed by atoms with Gasteiger partial charge in [0.2, 0.25) is 0 Å². The summed E-state index contributed by atoms with van der Waals surface area (Å²) in [5.41, 5.74) is 0.925. The molecule has 1 fully saturated rings. The quantitative estimate of drug-likeness (QED) is 0.918. The Morgan fingerprint density at radius 1 is 1.37 bits per heavy atom. The van der Waals surface area contributed by atoms with E-state index in [1.807, 2.05) is 13.1 Å². The lowest BCUT2D eigenvalue weighted by Gasteiger charge is -2.35. The van der Waals surface area contributed by atoms with Gasteiger partial charge in [-0.15, -0.1) is 0 Å². The molecule has 1 aromatic rings. The Labute approximate surface area is 111 Å². The predicted octanol–water partition coefficient (Wildman–Crippen LogP) is 3.19. The topological polar surface area (TPSA) is 29.9 Å². The van der Waals surface area contributed by atoms with Crippen molar-refractivity contribution in [1.82, 2.24) is 15.1 Å². The van der Waals surface area contributed by atoms with Gasteiger partial charge in [-0.3, -0.25) is 4.68 Å². The highest BCUT2D eigenvalue weighted by molar-refractivity contribution is 5.09. The van der Waals surface area contributed by atoms with E-state index < -0.39 is 18.1 Å². The summed E-state index contributed by atoms with van der Waals surface area (Å²) in [5.74, 6) is -1.22. The summed E-state index contributed by atoms with van der Waals surface area (Å²) in [5, 5.41) is 7.18. The minimum Gasteiger partial charge on any atom is -0.307 e. The van der Waals surface area contributed by atoms with Gasteiger partial charge in [0.05, 0.1) is 12.1 Å². The van der Waals surface area contributed by atoms with Crippen molar-refractivity contribution < 1.29 is 13.2 Å². The summed E-state index contributed by atoms with van der Waals surface area (Å²) in [4.78, 5) is 0. The molecule has 0 saturated heterocycles. The van der Waals surface area contributed by atoms with Crippen LogP contribution in [0.5, 0.6) is 0 Å². The molecule has 19 heavy (non-hydrogen) atoms. The molecule has 1 aliphatic carbocycles. The fraction of sp³-hybridized carbons (Fsp3) is 0.769. The maximum atomic E-state index is 13.0. The number of halogens is 3. The Bertz CT molecular complexity index is 414. The van der Waals surface area contributed by atoms with Crippen molar-refractivity contribution in [3.05, 3.63) is 18.0 Å². The van der Waals surface area contributed by atoms with Crippen LogP contribution in [0.4, 0.5) is 13.2 Å². The van der Waals surface area contributed by atoms with Crippen molar-refractivity contribution >= 4 is 0 Å².